The van der Waals surface area contributed by atoms with Gasteiger partial charge in [0.1, 0.15) is 12.2 Å². The Morgan fingerprint density at radius 3 is 1.05 bits per heavy atom. The van der Waals surface area contributed by atoms with Gasteiger partial charge in [0, 0.05) is 0 Å². The predicted molar refractivity (Wildman–Crippen MR) is 256 cm³/mol. The number of nitrogens with one attached hydrogen (secondary N) is 1. The number of aliphatic hydroxyl groups excluding tert-OH is 4. The number of aliphatic hydroxyl groups is 4. The fraction of sp³-hybridized carbons (Fsp3) is 0.906. The fourth-order valence-electron chi connectivity index (χ4n) is 8.23. The summed E-state index contributed by atoms with van der Waals surface area (Å²) in [6, 6.07) is -1.00. The van der Waals surface area contributed by atoms with Crippen LogP contribution in [0.3, 0.4) is 0 Å². The first-order valence-electron chi connectivity index (χ1n) is 26.2. The van der Waals surface area contributed by atoms with Gasteiger partial charge in [-0.15, -0.1) is 0 Å². The monoisotopic (exact) mass is 834 g/mol. The Balaban J connectivity index is 3.53. The van der Waals surface area contributed by atoms with Gasteiger partial charge >= 0.3 is 0 Å². The van der Waals surface area contributed by atoms with Gasteiger partial charge in [0.25, 0.3) is 0 Å². The van der Waals surface area contributed by atoms with Crippen LogP contribution < -0.4 is 5.32 Å². The molecule has 0 aromatic rings. The maximum atomic E-state index is 12.5. The molecule has 0 aromatic carbocycles. The average Bonchev–Trinajstić information content (AvgIpc) is 3.24. The van der Waals surface area contributed by atoms with Gasteiger partial charge in [-0.1, -0.05) is 256 Å². The minimum atomic E-state index is -1.29. The zero-order valence-corrected chi connectivity index (χ0v) is 39.5. The summed E-state index contributed by atoms with van der Waals surface area (Å²) < 4.78 is 0. The molecule has 5 N–H and O–H groups in total. The lowest BCUT2D eigenvalue weighted by Gasteiger charge is -2.27. The van der Waals surface area contributed by atoms with E-state index in [1.807, 2.05) is 0 Å². The topological polar surface area (TPSA) is 110 Å². The lowest BCUT2D eigenvalue weighted by molar-refractivity contribution is -0.132. The van der Waals surface area contributed by atoms with E-state index in [2.05, 4.69) is 43.5 Å². The molecule has 0 aliphatic heterocycles. The van der Waals surface area contributed by atoms with E-state index < -0.39 is 36.9 Å². The molecule has 350 valence electrons. The van der Waals surface area contributed by atoms with E-state index in [4.69, 9.17) is 0 Å². The maximum absolute atomic E-state index is 12.5. The van der Waals surface area contributed by atoms with Crippen LogP contribution in [0.1, 0.15) is 277 Å². The molecule has 0 saturated carbocycles. The second-order valence-corrected chi connectivity index (χ2v) is 18.2. The highest BCUT2D eigenvalue weighted by Gasteiger charge is 2.28. The van der Waals surface area contributed by atoms with E-state index in [0.29, 0.717) is 19.3 Å². The third-order valence-corrected chi connectivity index (χ3v) is 12.4. The van der Waals surface area contributed by atoms with E-state index in [0.717, 1.165) is 44.9 Å². The van der Waals surface area contributed by atoms with Crippen LogP contribution in [0.25, 0.3) is 0 Å². The molecule has 6 heteroatoms. The maximum Gasteiger partial charge on any atom is 0.249 e. The number of amides is 1. The summed E-state index contributed by atoms with van der Waals surface area (Å²) in [6.45, 7) is 4.00. The van der Waals surface area contributed by atoms with Crippen molar-refractivity contribution in [2.45, 2.75) is 301 Å². The van der Waals surface area contributed by atoms with Gasteiger partial charge < -0.3 is 25.7 Å². The number of carbonyl (C=O) groups is 1. The number of hydrogen-bond donors (Lipinski definition) is 5. The van der Waals surface area contributed by atoms with Crippen LogP contribution in [0.5, 0.6) is 0 Å². The number of rotatable bonds is 48. The van der Waals surface area contributed by atoms with Crippen molar-refractivity contribution < 1.29 is 25.2 Å². The smallest absolute Gasteiger partial charge is 0.249 e. The van der Waals surface area contributed by atoms with Crippen LogP contribution in [0, 0.1) is 0 Å². The molecule has 0 bridgehead atoms. The molecule has 0 fully saturated rings. The van der Waals surface area contributed by atoms with Gasteiger partial charge in [0.05, 0.1) is 18.8 Å². The van der Waals surface area contributed by atoms with Crippen molar-refractivity contribution in [1.29, 1.82) is 0 Å². The Bertz CT molecular complexity index is 893. The van der Waals surface area contributed by atoms with Gasteiger partial charge in [-0.05, 0) is 44.9 Å². The van der Waals surface area contributed by atoms with Crippen molar-refractivity contribution in [3.63, 3.8) is 0 Å². The highest BCUT2D eigenvalue weighted by Crippen LogP contribution is 2.18. The molecular formula is C53H103NO5. The summed E-state index contributed by atoms with van der Waals surface area (Å²) in [5, 5.41) is 43.6. The van der Waals surface area contributed by atoms with Crippen LogP contribution in [-0.4, -0.2) is 57.3 Å². The molecule has 4 atom stereocenters. The van der Waals surface area contributed by atoms with Crippen molar-refractivity contribution in [3.8, 4) is 0 Å². The summed E-state index contributed by atoms with van der Waals surface area (Å²) in [7, 11) is 0. The number of unbranched alkanes of at least 4 members (excludes halogenated alkanes) is 35. The minimum absolute atomic E-state index is 0.364. The van der Waals surface area contributed by atoms with Crippen molar-refractivity contribution in [2.75, 3.05) is 6.61 Å². The van der Waals surface area contributed by atoms with E-state index >= 15 is 0 Å². The average molecular weight is 834 g/mol. The third-order valence-electron chi connectivity index (χ3n) is 12.4. The number of carbonyl (C=O) groups excluding carboxylic acids is 1. The summed E-state index contributed by atoms with van der Waals surface area (Å²) in [6.07, 6.45) is 57.0. The van der Waals surface area contributed by atoms with Crippen molar-refractivity contribution in [2.24, 2.45) is 0 Å². The molecule has 0 saturated heterocycles. The molecule has 0 aliphatic carbocycles. The molecule has 0 aliphatic rings. The predicted octanol–water partition coefficient (Wildman–Crippen LogP) is 14.7. The molecule has 0 heterocycles. The first-order chi connectivity index (χ1) is 29.0. The van der Waals surface area contributed by atoms with Crippen molar-refractivity contribution in [1.82, 2.24) is 5.32 Å². The van der Waals surface area contributed by atoms with Crippen LogP contribution in [0.15, 0.2) is 24.3 Å². The van der Waals surface area contributed by atoms with Gasteiger partial charge in [0.15, 0.2) is 0 Å². The first-order valence-corrected chi connectivity index (χ1v) is 26.2. The fourth-order valence-corrected chi connectivity index (χ4v) is 8.23. The van der Waals surface area contributed by atoms with E-state index in [9.17, 15) is 25.2 Å². The molecular weight excluding hydrogens is 731 g/mol. The number of hydrogen-bond acceptors (Lipinski definition) is 5. The molecule has 0 spiro atoms. The summed E-state index contributed by atoms with van der Waals surface area (Å²) >= 11 is 0. The minimum Gasteiger partial charge on any atom is -0.394 e. The zero-order chi connectivity index (χ0) is 43.1. The quantitative estimate of drug-likeness (QED) is 0.0310. The molecule has 6 nitrogen and oxygen atoms in total. The zero-order valence-electron chi connectivity index (χ0n) is 39.5. The van der Waals surface area contributed by atoms with Crippen LogP contribution in [-0.2, 0) is 4.79 Å². The van der Waals surface area contributed by atoms with Crippen LogP contribution >= 0.6 is 0 Å². The molecule has 0 radical (unpaired) electrons. The molecule has 1 amide bonds. The summed E-state index contributed by atoms with van der Waals surface area (Å²) in [5.41, 5.74) is 0. The molecule has 0 aromatic heterocycles. The second-order valence-electron chi connectivity index (χ2n) is 18.2. The Labute approximate surface area is 367 Å². The van der Waals surface area contributed by atoms with E-state index in [1.165, 1.54) is 199 Å². The standard InChI is InChI=1S/C53H103NO5/c1-3-5-7-9-11-13-15-16-17-18-19-20-21-22-23-24-25-26-27-28-29-30-31-32-33-34-35-37-39-41-43-45-47-51(57)53(59)54-49(48-55)52(58)50(56)46-44-42-40-38-36-14-12-10-8-6-4-2/h10,12,38,40,49-52,55-58H,3-9,11,13-37,39,41-48H2,1-2H3,(H,54,59)/b12-10+,40-38+. The summed E-state index contributed by atoms with van der Waals surface area (Å²) in [4.78, 5) is 12.5. The van der Waals surface area contributed by atoms with E-state index in [1.54, 1.807) is 0 Å². The second kappa shape index (κ2) is 47.8. The lowest BCUT2D eigenvalue weighted by atomic mass is 10.00. The van der Waals surface area contributed by atoms with Crippen molar-refractivity contribution >= 4 is 5.91 Å². The molecule has 59 heavy (non-hydrogen) atoms. The van der Waals surface area contributed by atoms with Gasteiger partial charge in [-0.3, -0.25) is 4.79 Å². The highest BCUT2D eigenvalue weighted by atomic mass is 16.3. The third kappa shape index (κ3) is 41.9. The largest absolute Gasteiger partial charge is 0.394 e. The Hall–Kier alpha value is -1.21. The number of allylic oxidation sites excluding steroid dienone is 4. The molecule has 4 unspecified atom stereocenters. The van der Waals surface area contributed by atoms with Gasteiger partial charge in [-0.25, -0.2) is 0 Å². The van der Waals surface area contributed by atoms with Crippen molar-refractivity contribution in [3.05, 3.63) is 24.3 Å². The van der Waals surface area contributed by atoms with E-state index in [-0.39, 0.29) is 0 Å². The van der Waals surface area contributed by atoms with Gasteiger partial charge in [-0.2, -0.15) is 0 Å². The summed E-state index contributed by atoms with van der Waals surface area (Å²) in [5.74, 6) is -0.595. The Morgan fingerprint density at radius 2 is 0.712 bits per heavy atom. The molecule has 0 rings (SSSR count). The Morgan fingerprint density at radius 1 is 0.407 bits per heavy atom. The van der Waals surface area contributed by atoms with Gasteiger partial charge in [0.2, 0.25) is 5.91 Å². The normalized spacial score (nSPS) is 14.1. The highest BCUT2D eigenvalue weighted by molar-refractivity contribution is 5.80. The SMILES string of the molecule is CCCC/C=C/CC/C=C/CCCC(O)C(O)C(CO)NC(=O)C(O)CCCCCCCCCCCCCCCCCCCCCCCCCCCCCCCCCC. The first kappa shape index (κ1) is 57.8. The Kier molecular flexibility index (Phi) is 46.9. The van der Waals surface area contributed by atoms with Crippen LogP contribution in [0.4, 0.5) is 0 Å². The lowest BCUT2D eigenvalue weighted by Crippen LogP contribution is -2.53. The van der Waals surface area contributed by atoms with Crippen LogP contribution in [0.2, 0.25) is 0 Å².